The minimum absolute atomic E-state index is 0.173. The molecule has 0 aromatic heterocycles. The highest BCUT2D eigenvalue weighted by atomic mass is 19.3. The molecule has 0 spiro atoms. The number of hydrogen-bond donors (Lipinski definition) is 1. The molecule has 2 unspecified atom stereocenters. The van der Waals surface area contributed by atoms with Crippen molar-refractivity contribution in [3.63, 3.8) is 0 Å². The van der Waals surface area contributed by atoms with Gasteiger partial charge in [-0.05, 0) is 18.5 Å². The van der Waals surface area contributed by atoms with E-state index in [-0.39, 0.29) is 5.92 Å². The molecule has 1 aromatic rings. The quantitative estimate of drug-likeness (QED) is 0.785. The van der Waals surface area contributed by atoms with Crippen molar-refractivity contribution in [1.29, 1.82) is 0 Å². The summed E-state index contributed by atoms with van der Waals surface area (Å²) < 4.78 is 25.8. The standard InChI is InChI=1S/C13H19F2N/c1-3-9-16-12(13(14)15)10(2)11-7-5-4-6-8-11/h4-8,10,12-13,16H,3,9H2,1-2H3. The van der Waals surface area contributed by atoms with E-state index in [0.29, 0.717) is 6.54 Å². The molecular weight excluding hydrogens is 208 g/mol. The summed E-state index contributed by atoms with van der Waals surface area (Å²) in [7, 11) is 0. The van der Waals surface area contributed by atoms with Gasteiger partial charge in [0.15, 0.2) is 0 Å². The fraction of sp³-hybridized carbons (Fsp3) is 0.538. The minimum atomic E-state index is -2.33. The zero-order chi connectivity index (χ0) is 12.0. The van der Waals surface area contributed by atoms with Crippen LogP contribution in [0.1, 0.15) is 31.7 Å². The molecule has 0 fully saturated rings. The molecule has 0 saturated carbocycles. The first-order valence-corrected chi connectivity index (χ1v) is 5.73. The van der Waals surface area contributed by atoms with Crippen molar-refractivity contribution in [3.8, 4) is 0 Å². The van der Waals surface area contributed by atoms with E-state index in [1.165, 1.54) is 0 Å². The van der Waals surface area contributed by atoms with Crippen molar-refractivity contribution in [1.82, 2.24) is 5.32 Å². The van der Waals surface area contributed by atoms with Gasteiger partial charge in [-0.25, -0.2) is 8.78 Å². The molecule has 0 bridgehead atoms. The van der Waals surface area contributed by atoms with Crippen molar-refractivity contribution >= 4 is 0 Å². The maximum Gasteiger partial charge on any atom is 0.254 e. The van der Waals surface area contributed by atoms with Gasteiger partial charge in [0, 0.05) is 5.92 Å². The zero-order valence-corrected chi connectivity index (χ0v) is 9.79. The average Bonchev–Trinajstić information content (AvgIpc) is 2.30. The fourth-order valence-corrected chi connectivity index (χ4v) is 1.76. The Morgan fingerprint density at radius 2 is 1.81 bits per heavy atom. The van der Waals surface area contributed by atoms with Gasteiger partial charge in [0.25, 0.3) is 6.43 Å². The molecule has 16 heavy (non-hydrogen) atoms. The zero-order valence-electron chi connectivity index (χ0n) is 9.79. The van der Waals surface area contributed by atoms with E-state index in [0.717, 1.165) is 12.0 Å². The third-order valence-electron chi connectivity index (χ3n) is 2.77. The maximum absolute atomic E-state index is 12.9. The molecule has 0 saturated heterocycles. The third kappa shape index (κ3) is 3.56. The predicted molar refractivity (Wildman–Crippen MR) is 62.9 cm³/mol. The summed E-state index contributed by atoms with van der Waals surface area (Å²) in [6.07, 6.45) is -1.47. The van der Waals surface area contributed by atoms with E-state index < -0.39 is 12.5 Å². The number of alkyl halides is 2. The molecule has 1 nitrogen and oxygen atoms in total. The van der Waals surface area contributed by atoms with Crippen LogP contribution in [-0.4, -0.2) is 19.0 Å². The fourth-order valence-electron chi connectivity index (χ4n) is 1.76. The topological polar surface area (TPSA) is 12.0 Å². The Morgan fingerprint density at radius 1 is 1.19 bits per heavy atom. The van der Waals surface area contributed by atoms with Crippen LogP contribution < -0.4 is 5.32 Å². The van der Waals surface area contributed by atoms with Gasteiger partial charge in [-0.1, -0.05) is 44.2 Å². The lowest BCUT2D eigenvalue weighted by Crippen LogP contribution is -2.40. The van der Waals surface area contributed by atoms with Crippen LogP contribution in [0.3, 0.4) is 0 Å². The first-order valence-electron chi connectivity index (χ1n) is 5.73. The van der Waals surface area contributed by atoms with Gasteiger partial charge in [-0.3, -0.25) is 0 Å². The molecule has 0 aliphatic rings. The predicted octanol–water partition coefficient (Wildman–Crippen LogP) is 3.42. The van der Waals surface area contributed by atoms with E-state index >= 15 is 0 Å². The minimum Gasteiger partial charge on any atom is -0.308 e. The summed E-state index contributed by atoms with van der Waals surface area (Å²) >= 11 is 0. The monoisotopic (exact) mass is 227 g/mol. The van der Waals surface area contributed by atoms with Crippen LogP contribution in [0.5, 0.6) is 0 Å². The van der Waals surface area contributed by atoms with Crippen LogP contribution in [0, 0.1) is 0 Å². The second kappa shape index (κ2) is 6.59. The summed E-state index contributed by atoms with van der Waals surface area (Å²) in [6, 6.07) is 8.69. The van der Waals surface area contributed by atoms with Crippen LogP contribution in [-0.2, 0) is 0 Å². The number of halogens is 2. The lowest BCUT2D eigenvalue weighted by atomic mass is 9.93. The van der Waals surface area contributed by atoms with Crippen LogP contribution in [0.4, 0.5) is 8.78 Å². The van der Waals surface area contributed by atoms with E-state index in [9.17, 15) is 8.78 Å². The van der Waals surface area contributed by atoms with E-state index in [1.54, 1.807) is 0 Å². The van der Waals surface area contributed by atoms with Gasteiger partial charge in [0.2, 0.25) is 0 Å². The van der Waals surface area contributed by atoms with Crippen molar-refractivity contribution in [2.45, 2.75) is 38.7 Å². The van der Waals surface area contributed by atoms with Gasteiger partial charge >= 0.3 is 0 Å². The summed E-state index contributed by atoms with van der Waals surface area (Å²) in [5.74, 6) is -0.173. The smallest absolute Gasteiger partial charge is 0.254 e. The van der Waals surface area contributed by atoms with Gasteiger partial charge in [0.1, 0.15) is 0 Å². The summed E-state index contributed by atoms with van der Waals surface area (Å²) in [5.41, 5.74) is 0.955. The second-order valence-corrected chi connectivity index (χ2v) is 4.01. The molecule has 0 aliphatic heterocycles. The van der Waals surface area contributed by atoms with Crippen LogP contribution >= 0.6 is 0 Å². The highest BCUT2D eigenvalue weighted by Crippen LogP contribution is 2.23. The third-order valence-corrected chi connectivity index (χ3v) is 2.77. The summed E-state index contributed by atoms with van der Waals surface area (Å²) in [6.45, 7) is 4.45. The molecular formula is C13H19F2N. The first kappa shape index (κ1) is 13.1. The molecule has 90 valence electrons. The largest absolute Gasteiger partial charge is 0.308 e. The number of hydrogen-bond acceptors (Lipinski definition) is 1. The van der Waals surface area contributed by atoms with Crippen molar-refractivity contribution in [2.75, 3.05) is 6.54 Å². The lowest BCUT2D eigenvalue weighted by molar-refractivity contribution is 0.0877. The first-order chi connectivity index (χ1) is 7.66. The van der Waals surface area contributed by atoms with Crippen LogP contribution in [0.15, 0.2) is 30.3 Å². The normalized spacial score (nSPS) is 15.1. The molecule has 2 atom stereocenters. The highest BCUT2D eigenvalue weighted by Gasteiger charge is 2.26. The molecule has 1 rings (SSSR count). The van der Waals surface area contributed by atoms with Gasteiger partial charge < -0.3 is 5.32 Å². The highest BCUT2D eigenvalue weighted by molar-refractivity contribution is 5.20. The number of benzene rings is 1. The Labute approximate surface area is 95.9 Å². The van der Waals surface area contributed by atoms with Gasteiger partial charge in [0.05, 0.1) is 6.04 Å². The Kier molecular flexibility index (Phi) is 5.39. The number of nitrogens with one attached hydrogen (secondary N) is 1. The SMILES string of the molecule is CCCNC(C(F)F)C(C)c1ccccc1. The Bertz CT molecular complexity index is 287. The van der Waals surface area contributed by atoms with Gasteiger partial charge in [-0.15, -0.1) is 0 Å². The van der Waals surface area contributed by atoms with Crippen molar-refractivity contribution in [3.05, 3.63) is 35.9 Å². The average molecular weight is 227 g/mol. The molecule has 1 N–H and O–H groups in total. The number of rotatable bonds is 6. The molecule has 0 amide bonds. The summed E-state index contributed by atoms with van der Waals surface area (Å²) in [5, 5.41) is 2.92. The van der Waals surface area contributed by atoms with E-state index in [2.05, 4.69) is 5.32 Å². The Balaban J connectivity index is 2.71. The van der Waals surface area contributed by atoms with E-state index in [4.69, 9.17) is 0 Å². The van der Waals surface area contributed by atoms with Crippen molar-refractivity contribution < 1.29 is 8.78 Å². The molecule has 3 heteroatoms. The van der Waals surface area contributed by atoms with Gasteiger partial charge in [-0.2, -0.15) is 0 Å². The van der Waals surface area contributed by atoms with Crippen LogP contribution in [0.2, 0.25) is 0 Å². The van der Waals surface area contributed by atoms with Crippen molar-refractivity contribution in [2.24, 2.45) is 0 Å². The molecule has 1 aromatic carbocycles. The van der Waals surface area contributed by atoms with E-state index in [1.807, 2.05) is 44.2 Å². The molecule has 0 radical (unpaired) electrons. The summed E-state index contributed by atoms with van der Waals surface area (Å²) in [4.78, 5) is 0. The maximum atomic E-state index is 12.9. The van der Waals surface area contributed by atoms with Crippen LogP contribution in [0.25, 0.3) is 0 Å². The molecule has 0 aliphatic carbocycles. The molecule has 0 heterocycles. The second-order valence-electron chi connectivity index (χ2n) is 4.01. The Morgan fingerprint density at radius 3 is 2.31 bits per heavy atom. The Hall–Kier alpha value is -0.960. The lowest BCUT2D eigenvalue weighted by Gasteiger charge is -2.24.